The second kappa shape index (κ2) is 8.12. The molecule has 3 aliphatic heterocycles. The summed E-state index contributed by atoms with van der Waals surface area (Å²) in [5.41, 5.74) is 2.28. The maximum atomic E-state index is 13.2. The van der Waals surface area contributed by atoms with Crippen molar-refractivity contribution in [1.29, 1.82) is 0 Å². The minimum atomic E-state index is -0.691. The van der Waals surface area contributed by atoms with Crippen LogP contribution in [0.2, 0.25) is 0 Å². The first kappa shape index (κ1) is 20.3. The molecule has 3 fully saturated rings. The molecule has 2 bridgehead atoms. The molecule has 0 spiro atoms. The van der Waals surface area contributed by atoms with Gasteiger partial charge in [0.1, 0.15) is 6.23 Å². The predicted octanol–water partition coefficient (Wildman–Crippen LogP) is 1.29. The fourth-order valence-electron chi connectivity index (χ4n) is 5.37. The zero-order valence-corrected chi connectivity index (χ0v) is 17.5. The molecule has 3 atom stereocenters. The summed E-state index contributed by atoms with van der Waals surface area (Å²) in [6, 6.07) is 5.59. The highest BCUT2D eigenvalue weighted by Gasteiger charge is 2.43. The van der Waals surface area contributed by atoms with Crippen LogP contribution in [0.3, 0.4) is 0 Å². The van der Waals surface area contributed by atoms with Crippen LogP contribution in [0.25, 0.3) is 11.0 Å². The number of nitrogens with zero attached hydrogens (tertiary/aromatic N) is 4. The lowest BCUT2D eigenvalue weighted by atomic mass is 9.98. The number of piperidine rings is 1. The minimum Gasteiger partial charge on any atom is -0.393 e. The summed E-state index contributed by atoms with van der Waals surface area (Å²) in [7, 11) is 0. The van der Waals surface area contributed by atoms with E-state index in [0.29, 0.717) is 44.5 Å². The van der Waals surface area contributed by atoms with Gasteiger partial charge >= 0.3 is 6.03 Å². The average molecular weight is 428 g/mol. The van der Waals surface area contributed by atoms with Crippen LogP contribution in [-0.4, -0.2) is 79.0 Å². The number of aliphatic hydroxyl groups excluding tert-OH is 2. The van der Waals surface area contributed by atoms with E-state index < -0.39 is 6.23 Å². The van der Waals surface area contributed by atoms with E-state index >= 15 is 0 Å². The van der Waals surface area contributed by atoms with Crippen LogP contribution in [0.4, 0.5) is 4.79 Å². The molecule has 4 heterocycles. The van der Waals surface area contributed by atoms with Crippen molar-refractivity contribution in [2.24, 2.45) is 0 Å². The van der Waals surface area contributed by atoms with Crippen molar-refractivity contribution in [1.82, 2.24) is 24.7 Å². The van der Waals surface area contributed by atoms with Gasteiger partial charge < -0.3 is 25.0 Å². The van der Waals surface area contributed by atoms with Crippen molar-refractivity contribution < 1.29 is 19.8 Å². The van der Waals surface area contributed by atoms with Gasteiger partial charge in [0.2, 0.25) is 0 Å². The van der Waals surface area contributed by atoms with Crippen LogP contribution in [-0.2, 0) is 6.54 Å². The van der Waals surface area contributed by atoms with E-state index in [4.69, 9.17) is 0 Å². The summed E-state index contributed by atoms with van der Waals surface area (Å²) in [6.45, 7) is 1.55. The standard InChI is InChI=1S/C22H29N5O4/c28-17-11-15-4-5-16(12-17)27(15)21(30)14-3-6-19-18(10-14)24-13-25(19)9-7-23-22(31)26-8-1-2-20(26)29/h3,6,10,13,15-17,20,28-29H,1-2,4-5,7-9,11-12H2,(H,23,31)/t15?,16?,17?,20-/m0/s1. The van der Waals surface area contributed by atoms with E-state index in [-0.39, 0.29) is 30.1 Å². The third kappa shape index (κ3) is 3.76. The smallest absolute Gasteiger partial charge is 0.319 e. The molecule has 9 heteroatoms. The maximum absolute atomic E-state index is 13.2. The molecule has 2 unspecified atom stereocenters. The number of benzene rings is 1. The molecule has 166 valence electrons. The number of carbonyl (C=O) groups excluding carboxylic acids is 2. The number of aliphatic hydroxyl groups is 2. The summed E-state index contributed by atoms with van der Waals surface area (Å²) in [5, 5.41) is 22.6. The van der Waals surface area contributed by atoms with E-state index in [1.807, 2.05) is 27.7 Å². The molecule has 3 saturated heterocycles. The van der Waals surface area contributed by atoms with Gasteiger partial charge in [-0.25, -0.2) is 9.78 Å². The van der Waals surface area contributed by atoms with Crippen molar-refractivity contribution in [3.05, 3.63) is 30.1 Å². The molecule has 9 nitrogen and oxygen atoms in total. The Balaban J connectivity index is 1.24. The molecule has 0 radical (unpaired) electrons. The normalized spacial score (nSPS) is 27.8. The molecular weight excluding hydrogens is 398 g/mol. The Labute approximate surface area is 180 Å². The maximum Gasteiger partial charge on any atom is 0.319 e. The number of likely N-dealkylation sites (tertiary alicyclic amines) is 1. The summed E-state index contributed by atoms with van der Waals surface area (Å²) in [6.07, 6.45) is 5.43. The highest BCUT2D eigenvalue weighted by atomic mass is 16.3. The molecule has 3 N–H and O–H groups in total. The predicted molar refractivity (Wildman–Crippen MR) is 113 cm³/mol. The molecule has 1 aromatic carbocycles. The van der Waals surface area contributed by atoms with Gasteiger partial charge in [-0.1, -0.05) is 0 Å². The Kier molecular flexibility index (Phi) is 5.31. The summed E-state index contributed by atoms with van der Waals surface area (Å²) < 4.78 is 1.95. The molecule has 0 aliphatic carbocycles. The van der Waals surface area contributed by atoms with E-state index in [9.17, 15) is 19.8 Å². The summed E-state index contributed by atoms with van der Waals surface area (Å²) >= 11 is 0. The zero-order chi connectivity index (χ0) is 21.5. The largest absolute Gasteiger partial charge is 0.393 e. The SMILES string of the molecule is O=C(c1ccc2c(c1)ncn2CCNC(=O)N1CCC[C@@H]1O)N1C2CCC1CC(O)C2. The van der Waals surface area contributed by atoms with Crippen LogP contribution in [0, 0.1) is 0 Å². The van der Waals surface area contributed by atoms with Crippen LogP contribution < -0.4 is 5.32 Å². The first-order chi connectivity index (χ1) is 15.0. The van der Waals surface area contributed by atoms with Gasteiger partial charge in [0.25, 0.3) is 5.91 Å². The Morgan fingerprint density at radius 3 is 2.61 bits per heavy atom. The van der Waals surface area contributed by atoms with Gasteiger partial charge in [-0.05, 0) is 56.7 Å². The monoisotopic (exact) mass is 427 g/mol. The van der Waals surface area contributed by atoms with Gasteiger partial charge in [0.15, 0.2) is 0 Å². The van der Waals surface area contributed by atoms with Gasteiger partial charge in [-0.3, -0.25) is 9.69 Å². The van der Waals surface area contributed by atoms with Gasteiger partial charge in [0, 0.05) is 37.3 Å². The number of amides is 3. The Morgan fingerprint density at radius 1 is 1.13 bits per heavy atom. The van der Waals surface area contributed by atoms with Crippen molar-refractivity contribution in [2.45, 2.75) is 69.5 Å². The number of carbonyl (C=O) groups is 2. The van der Waals surface area contributed by atoms with E-state index in [1.165, 1.54) is 4.90 Å². The van der Waals surface area contributed by atoms with Crippen molar-refractivity contribution in [3.63, 3.8) is 0 Å². The number of fused-ring (bicyclic) bond motifs is 3. The van der Waals surface area contributed by atoms with Crippen molar-refractivity contribution in [2.75, 3.05) is 13.1 Å². The Hall–Kier alpha value is -2.65. The third-order valence-electron chi connectivity index (χ3n) is 6.92. The second-order valence-corrected chi connectivity index (χ2v) is 8.91. The van der Waals surface area contributed by atoms with Gasteiger partial charge in [0.05, 0.1) is 23.5 Å². The minimum absolute atomic E-state index is 0.0206. The van der Waals surface area contributed by atoms with Crippen molar-refractivity contribution >= 4 is 23.0 Å². The second-order valence-electron chi connectivity index (χ2n) is 8.91. The quantitative estimate of drug-likeness (QED) is 0.681. The Morgan fingerprint density at radius 2 is 1.90 bits per heavy atom. The lowest BCUT2D eigenvalue weighted by molar-refractivity contribution is 0.0287. The lowest BCUT2D eigenvalue weighted by Gasteiger charge is -2.37. The van der Waals surface area contributed by atoms with Crippen LogP contribution in [0.5, 0.6) is 0 Å². The summed E-state index contributed by atoms with van der Waals surface area (Å²) in [5.74, 6) is 0.0206. The van der Waals surface area contributed by atoms with E-state index in [1.54, 1.807) is 6.33 Å². The highest BCUT2D eigenvalue weighted by molar-refractivity contribution is 5.98. The molecule has 0 saturated carbocycles. The number of hydrogen-bond donors (Lipinski definition) is 3. The molecule has 31 heavy (non-hydrogen) atoms. The number of rotatable bonds is 4. The topological polar surface area (TPSA) is 111 Å². The fourth-order valence-corrected chi connectivity index (χ4v) is 5.37. The first-order valence-electron chi connectivity index (χ1n) is 11.2. The van der Waals surface area contributed by atoms with Gasteiger partial charge in [-0.15, -0.1) is 0 Å². The Bertz CT molecular complexity index is 977. The molecule has 1 aromatic heterocycles. The number of imidazole rings is 1. The zero-order valence-electron chi connectivity index (χ0n) is 17.5. The highest BCUT2D eigenvalue weighted by Crippen LogP contribution is 2.37. The molecule has 3 aliphatic rings. The number of nitrogens with one attached hydrogen (secondary N) is 1. The third-order valence-corrected chi connectivity index (χ3v) is 6.92. The van der Waals surface area contributed by atoms with E-state index in [0.717, 1.165) is 30.3 Å². The first-order valence-corrected chi connectivity index (χ1v) is 11.2. The average Bonchev–Trinajstić information content (AvgIpc) is 3.43. The molecule has 3 amide bonds. The van der Waals surface area contributed by atoms with E-state index in [2.05, 4.69) is 10.3 Å². The van der Waals surface area contributed by atoms with Crippen molar-refractivity contribution in [3.8, 4) is 0 Å². The van der Waals surface area contributed by atoms with Crippen LogP contribution >= 0.6 is 0 Å². The number of hydrogen-bond acceptors (Lipinski definition) is 5. The summed E-state index contributed by atoms with van der Waals surface area (Å²) in [4.78, 5) is 33.2. The van der Waals surface area contributed by atoms with Crippen LogP contribution in [0.15, 0.2) is 24.5 Å². The number of aromatic nitrogens is 2. The van der Waals surface area contributed by atoms with Gasteiger partial charge in [-0.2, -0.15) is 0 Å². The molecule has 2 aromatic rings. The van der Waals surface area contributed by atoms with Crippen LogP contribution in [0.1, 0.15) is 48.9 Å². The molecular formula is C22H29N5O4. The number of urea groups is 1. The lowest BCUT2D eigenvalue weighted by Crippen LogP contribution is -2.48. The molecule has 5 rings (SSSR count). The fraction of sp³-hybridized carbons (Fsp3) is 0.591.